The summed E-state index contributed by atoms with van der Waals surface area (Å²) in [7, 11) is 0. The lowest BCUT2D eigenvalue weighted by Crippen LogP contribution is -2.62. The zero-order valence-electron chi connectivity index (χ0n) is 7.02. The number of aliphatic hydroxyl groups is 1. The Labute approximate surface area is 62.4 Å². The van der Waals surface area contributed by atoms with Gasteiger partial charge in [0.1, 0.15) is 5.72 Å². The minimum Gasteiger partial charge on any atom is -0.374 e. The van der Waals surface area contributed by atoms with E-state index in [0.717, 1.165) is 6.42 Å². The highest BCUT2D eigenvalue weighted by molar-refractivity contribution is 4.91. The van der Waals surface area contributed by atoms with E-state index < -0.39 is 11.3 Å². The van der Waals surface area contributed by atoms with Crippen LogP contribution in [0.1, 0.15) is 33.6 Å². The van der Waals surface area contributed by atoms with E-state index in [2.05, 4.69) is 0 Å². The van der Waals surface area contributed by atoms with Crippen molar-refractivity contribution in [3.63, 3.8) is 0 Å². The van der Waals surface area contributed by atoms with Gasteiger partial charge in [-0.1, -0.05) is 13.3 Å². The van der Waals surface area contributed by atoms with Gasteiger partial charge in [0.25, 0.3) is 0 Å². The van der Waals surface area contributed by atoms with E-state index in [4.69, 9.17) is 11.5 Å². The summed E-state index contributed by atoms with van der Waals surface area (Å²) in [5.74, 6) is 0. The molecule has 1 unspecified atom stereocenters. The normalized spacial score (nSPS) is 18.6. The van der Waals surface area contributed by atoms with Gasteiger partial charge in [-0.3, -0.25) is 0 Å². The summed E-state index contributed by atoms with van der Waals surface area (Å²) < 4.78 is 0. The first-order valence-electron chi connectivity index (χ1n) is 3.61. The summed E-state index contributed by atoms with van der Waals surface area (Å²) >= 11 is 0. The fraction of sp³-hybridized carbons (Fsp3) is 1.00. The summed E-state index contributed by atoms with van der Waals surface area (Å²) in [5, 5.41) is 9.50. The molecule has 3 heteroatoms. The molecule has 0 spiro atoms. The molecular formula is C7H18N2O. The van der Waals surface area contributed by atoms with Crippen LogP contribution < -0.4 is 11.5 Å². The van der Waals surface area contributed by atoms with E-state index >= 15 is 0 Å². The van der Waals surface area contributed by atoms with Crippen LogP contribution >= 0.6 is 0 Å². The highest BCUT2D eigenvalue weighted by Crippen LogP contribution is 2.18. The van der Waals surface area contributed by atoms with Crippen LogP contribution in [0.4, 0.5) is 0 Å². The van der Waals surface area contributed by atoms with Gasteiger partial charge < -0.3 is 16.6 Å². The van der Waals surface area contributed by atoms with Crippen LogP contribution in [0.2, 0.25) is 0 Å². The van der Waals surface area contributed by atoms with Gasteiger partial charge in [-0.25, -0.2) is 0 Å². The van der Waals surface area contributed by atoms with E-state index in [9.17, 15) is 5.11 Å². The lowest BCUT2D eigenvalue weighted by molar-refractivity contribution is -0.0238. The van der Waals surface area contributed by atoms with Gasteiger partial charge in [0.05, 0.1) is 5.54 Å². The first kappa shape index (κ1) is 9.88. The molecule has 0 fully saturated rings. The van der Waals surface area contributed by atoms with Gasteiger partial charge in [0.2, 0.25) is 0 Å². The van der Waals surface area contributed by atoms with E-state index in [0.29, 0.717) is 6.42 Å². The van der Waals surface area contributed by atoms with Gasteiger partial charge in [0, 0.05) is 0 Å². The third-order valence-electron chi connectivity index (χ3n) is 1.75. The molecule has 5 N–H and O–H groups in total. The molecule has 0 rings (SSSR count). The molecule has 0 aliphatic carbocycles. The molecule has 0 saturated heterocycles. The average molecular weight is 146 g/mol. The van der Waals surface area contributed by atoms with Gasteiger partial charge in [-0.2, -0.15) is 0 Å². The van der Waals surface area contributed by atoms with Crippen molar-refractivity contribution in [2.24, 2.45) is 11.5 Å². The van der Waals surface area contributed by atoms with Crippen molar-refractivity contribution < 1.29 is 5.11 Å². The molecule has 0 bridgehead atoms. The fourth-order valence-electron chi connectivity index (χ4n) is 0.703. The van der Waals surface area contributed by atoms with Crippen molar-refractivity contribution in [2.45, 2.75) is 44.9 Å². The Morgan fingerprint density at radius 1 is 1.30 bits per heavy atom. The van der Waals surface area contributed by atoms with Crippen molar-refractivity contribution in [1.82, 2.24) is 0 Å². The SMILES string of the molecule is CCCC(N)(O)C(C)(C)N. The monoisotopic (exact) mass is 146 g/mol. The second-order valence-electron chi connectivity index (χ2n) is 3.40. The largest absolute Gasteiger partial charge is 0.374 e. The van der Waals surface area contributed by atoms with Gasteiger partial charge in [0.15, 0.2) is 0 Å². The maximum Gasteiger partial charge on any atom is 0.131 e. The van der Waals surface area contributed by atoms with E-state index in [-0.39, 0.29) is 0 Å². The Morgan fingerprint density at radius 3 is 1.80 bits per heavy atom. The second-order valence-corrected chi connectivity index (χ2v) is 3.40. The molecule has 0 amide bonds. The molecule has 0 aromatic rings. The quantitative estimate of drug-likeness (QED) is 0.497. The van der Waals surface area contributed by atoms with Crippen LogP contribution in [0.25, 0.3) is 0 Å². The van der Waals surface area contributed by atoms with Gasteiger partial charge in [-0.15, -0.1) is 0 Å². The molecule has 62 valence electrons. The third kappa shape index (κ3) is 2.25. The smallest absolute Gasteiger partial charge is 0.131 e. The zero-order valence-corrected chi connectivity index (χ0v) is 7.02. The Hall–Kier alpha value is -0.120. The predicted octanol–water partition coefficient (Wildman–Crippen LogP) is 0.171. The molecule has 0 heterocycles. The van der Waals surface area contributed by atoms with Crippen molar-refractivity contribution in [1.29, 1.82) is 0 Å². The lowest BCUT2D eigenvalue weighted by Gasteiger charge is -2.36. The van der Waals surface area contributed by atoms with Crippen LogP contribution in [0.15, 0.2) is 0 Å². The Balaban J connectivity index is 4.10. The minimum absolute atomic E-state index is 0.538. The Morgan fingerprint density at radius 2 is 1.70 bits per heavy atom. The summed E-state index contributed by atoms with van der Waals surface area (Å²) in [6, 6.07) is 0. The standard InChI is InChI=1S/C7H18N2O/c1-4-5-7(9,10)6(2,3)8/h10H,4-5,8-9H2,1-3H3. The number of rotatable bonds is 3. The molecular weight excluding hydrogens is 128 g/mol. The molecule has 3 nitrogen and oxygen atoms in total. The molecule has 0 aromatic carbocycles. The van der Waals surface area contributed by atoms with Crippen molar-refractivity contribution in [2.75, 3.05) is 0 Å². The van der Waals surface area contributed by atoms with Crippen LogP contribution in [0.3, 0.4) is 0 Å². The van der Waals surface area contributed by atoms with Crippen molar-refractivity contribution in [3.8, 4) is 0 Å². The number of nitrogens with two attached hydrogens (primary N) is 2. The maximum atomic E-state index is 9.50. The molecule has 0 saturated carbocycles. The van der Waals surface area contributed by atoms with Gasteiger partial charge in [-0.05, 0) is 20.3 Å². The summed E-state index contributed by atoms with van der Waals surface area (Å²) in [4.78, 5) is 0. The van der Waals surface area contributed by atoms with Crippen LogP contribution in [0, 0.1) is 0 Å². The highest BCUT2D eigenvalue weighted by Gasteiger charge is 2.35. The van der Waals surface area contributed by atoms with Crippen LogP contribution in [-0.2, 0) is 0 Å². The molecule has 0 aliphatic heterocycles. The van der Waals surface area contributed by atoms with Crippen molar-refractivity contribution in [3.05, 3.63) is 0 Å². The number of hydrogen-bond acceptors (Lipinski definition) is 3. The van der Waals surface area contributed by atoms with E-state index in [1.54, 1.807) is 13.8 Å². The van der Waals surface area contributed by atoms with Crippen LogP contribution in [0.5, 0.6) is 0 Å². The van der Waals surface area contributed by atoms with E-state index in [1.807, 2.05) is 6.92 Å². The summed E-state index contributed by atoms with van der Waals surface area (Å²) in [6.07, 6.45) is 1.38. The highest BCUT2D eigenvalue weighted by atomic mass is 16.3. The molecule has 0 radical (unpaired) electrons. The van der Waals surface area contributed by atoms with Gasteiger partial charge >= 0.3 is 0 Å². The molecule has 10 heavy (non-hydrogen) atoms. The average Bonchev–Trinajstić information content (AvgIpc) is 1.61. The fourth-order valence-corrected chi connectivity index (χ4v) is 0.703. The summed E-state index contributed by atoms with van der Waals surface area (Å²) in [5.41, 5.74) is 9.21. The first-order valence-corrected chi connectivity index (χ1v) is 3.61. The maximum absolute atomic E-state index is 9.50. The predicted molar refractivity (Wildman–Crippen MR) is 42.3 cm³/mol. The molecule has 0 aliphatic rings. The number of hydrogen-bond donors (Lipinski definition) is 3. The Bertz CT molecular complexity index is 105. The second kappa shape index (κ2) is 2.86. The first-order chi connectivity index (χ1) is 4.31. The zero-order chi connectivity index (χ0) is 8.41. The third-order valence-corrected chi connectivity index (χ3v) is 1.75. The molecule has 1 atom stereocenters. The Kier molecular flexibility index (Phi) is 2.83. The van der Waals surface area contributed by atoms with E-state index in [1.165, 1.54) is 0 Å². The lowest BCUT2D eigenvalue weighted by atomic mass is 9.89. The minimum atomic E-state index is -1.23. The topological polar surface area (TPSA) is 72.3 Å². The molecule has 0 aromatic heterocycles. The summed E-state index contributed by atoms with van der Waals surface area (Å²) in [6.45, 7) is 5.41. The van der Waals surface area contributed by atoms with Crippen molar-refractivity contribution >= 4 is 0 Å². The van der Waals surface area contributed by atoms with Crippen LogP contribution in [-0.4, -0.2) is 16.4 Å².